The minimum atomic E-state index is -1.43. The Hall–Kier alpha value is -2.58. The van der Waals surface area contributed by atoms with Gasteiger partial charge in [0.05, 0.1) is 12.4 Å². The van der Waals surface area contributed by atoms with Crippen LogP contribution >= 0.6 is 0 Å². The monoisotopic (exact) mass is 321 g/mol. The van der Waals surface area contributed by atoms with E-state index in [1.165, 1.54) is 0 Å². The second-order valence-corrected chi connectivity index (χ2v) is 11.1. The van der Waals surface area contributed by atoms with Crippen molar-refractivity contribution in [1.29, 1.82) is 0 Å². The lowest BCUT2D eigenvalue weighted by Gasteiger charge is -2.07. The van der Waals surface area contributed by atoms with Crippen molar-refractivity contribution in [1.82, 2.24) is 14.4 Å². The molecular formula is C18H19N3OSi. The summed E-state index contributed by atoms with van der Waals surface area (Å²) >= 11 is 0. The highest BCUT2D eigenvalue weighted by Crippen LogP contribution is 2.19. The van der Waals surface area contributed by atoms with Crippen LogP contribution in [0.25, 0.3) is 5.65 Å². The number of fused-ring (bicyclic) bond motifs is 1. The summed E-state index contributed by atoms with van der Waals surface area (Å²) in [7, 11) is -1.43. The standard InChI is InChI=1S/C18H19N3OSi/c1-23(2,3)10-9-16-11-20-18-17(12-19-14-21(16)18)22-13-15-7-5-4-6-8-15/h4-8,11-12,14H,13H2,1-3H3. The molecule has 2 heterocycles. The molecule has 5 heteroatoms. The van der Waals surface area contributed by atoms with E-state index < -0.39 is 8.07 Å². The molecule has 23 heavy (non-hydrogen) atoms. The minimum Gasteiger partial charge on any atom is -0.483 e. The van der Waals surface area contributed by atoms with Gasteiger partial charge < -0.3 is 4.74 Å². The SMILES string of the molecule is C[Si](C)(C)C#Cc1cnc2c(OCc3ccccc3)cncn12. The maximum atomic E-state index is 5.88. The molecule has 2 aromatic heterocycles. The lowest BCUT2D eigenvalue weighted by atomic mass is 10.2. The molecule has 0 radical (unpaired) electrons. The highest BCUT2D eigenvalue weighted by molar-refractivity contribution is 6.83. The number of aromatic nitrogens is 3. The number of rotatable bonds is 3. The smallest absolute Gasteiger partial charge is 0.183 e. The van der Waals surface area contributed by atoms with Crippen molar-refractivity contribution in [3.05, 3.63) is 60.3 Å². The van der Waals surface area contributed by atoms with Crippen molar-refractivity contribution < 1.29 is 4.74 Å². The van der Waals surface area contributed by atoms with Crippen LogP contribution in [0.1, 0.15) is 11.3 Å². The van der Waals surface area contributed by atoms with Crippen LogP contribution in [-0.2, 0) is 6.61 Å². The summed E-state index contributed by atoms with van der Waals surface area (Å²) in [6, 6.07) is 10.0. The Morgan fingerprint density at radius 2 is 1.91 bits per heavy atom. The Labute approximate surface area is 137 Å². The summed E-state index contributed by atoms with van der Waals surface area (Å²) in [6.45, 7) is 7.15. The number of hydrogen-bond donors (Lipinski definition) is 0. The predicted octanol–water partition coefficient (Wildman–Crippen LogP) is 3.54. The van der Waals surface area contributed by atoms with Crippen molar-refractivity contribution in [3.63, 3.8) is 0 Å². The molecule has 3 aromatic rings. The van der Waals surface area contributed by atoms with Crippen LogP contribution in [-0.4, -0.2) is 22.4 Å². The molecule has 1 aromatic carbocycles. The zero-order valence-corrected chi connectivity index (χ0v) is 14.6. The molecule has 0 atom stereocenters. The first-order valence-electron chi connectivity index (χ1n) is 7.54. The van der Waals surface area contributed by atoms with Gasteiger partial charge in [-0.1, -0.05) is 55.9 Å². The van der Waals surface area contributed by atoms with Gasteiger partial charge in [-0.15, -0.1) is 5.54 Å². The second-order valence-electron chi connectivity index (χ2n) is 6.37. The maximum absolute atomic E-state index is 5.88. The van der Waals surface area contributed by atoms with Crippen LogP contribution in [0.5, 0.6) is 5.75 Å². The third-order valence-corrected chi connectivity index (χ3v) is 4.07. The van der Waals surface area contributed by atoms with E-state index in [4.69, 9.17) is 4.74 Å². The topological polar surface area (TPSA) is 39.4 Å². The molecule has 116 valence electrons. The summed E-state index contributed by atoms with van der Waals surface area (Å²) in [4.78, 5) is 8.69. The van der Waals surface area contributed by atoms with Crippen molar-refractivity contribution >= 4 is 13.7 Å². The lowest BCUT2D eigenvalue weighted by Crippen LogP contribution is -2.16. The maximum Gasteiger partial charge on any atom is 0.183 e. The first-order chi connectivity index (χ1) is 11.0. The van der Waals surface area contributed by atoms with Gasteiger partial charge in [0.25, 0.3) is 0 Å². The Balaban J connectivity index is 1.88. The normalized spacial score (nSPS) is 11.1. The number of imidazole rings is 1. The van der Waals surface area contributed by atoms with Crippen LogP contribution in [0.3, 0.4) is 0 Å². The van der Waals surface area contributed by atoms with Crippen molar-refractivity contribution in [2.24, 2.45) is 0 Å². The summed E-state index contributed by atoms with van der Waals surface area (Å²) in [5.41, 5.74) is 6.06. The largest absolute Gasteiger partial charge is 0.483 e. The number of hydrogen-bond acceptors (Lipinski definition) is 3. The fourth-order valence-electron chi connectivity index (χ4n) is 2.07. The Morgan fingerprint density at radius 3 is 2.65 bits per heavy atom. The van der Waals surface area contributed by atoms with Gasteiger partial charge >= 0.3 is 0 Å². The second kappa shape index (κ2) is 6.27. The average Bonchev–Trinajstić information content (AvgIpc) is 2.95. The number of ether oxygens (including phenoxy) is 1. The highest BCUT2D eigenvalue weighted by Gasteiger charge is 2.10. The summed E-state index contributed by atoms with van der Waals surface area (Å²) < 4.78 is 7.76. The van der Waals surface area contributed by atoms with Gasteiger partial charge in [0, 0.05) is 0 Å². The summed E-state index contributed by atoms with van der Waals surface area (Å²) in [6.07, 6.45) is 5.20. The van der Waals surface area contributed by atoms with Gasteiger partial charge in [0.15, 0.2) is 11.4 Å². The van der Waals surface area contributed by atoms with E-state index >= 15 is 0 Å². The van der Waals surface area contributed by atoms with E-state index in [9.17, 15) is 0 Å². The van der Waals surface area contributed by atoms with E-state index in [0.717, 1.165) is 16.9 Å². The molecule has 0 aliphatic rings. The molecule has 0 amide bonds. The Morgan fingerprint density at radius 1 is 1.13 bits per heavy atom. The van der Waals surface area contributed by atoms with Gasteiger partial charge in [-0.3, -0.25) is 4.40 Å². The van der Waals surface area contributed by atoms with E-state index in [0.29, 0.717) is 12.4 Å². The number of benzene rings is 1. The molecule has 0 spiro atoms. The molecule has 0 bridgehead atoms. The first-order valence-corrected chi connectivity index (χ1v) is 11.0. The predicted molar refractivity (Wildman–Crippen MR) is 94.0 cm³/mol. The van der Waals surface area contributed by atoms with Crippen LogP contribution in [0.15, 0.2) is 49.1 Å². The Bertz CT molecular complexity index is 870. The first kappa shape index (κ1) is 15.3. The van der Waals surface area contributed by atoms with Crippen LogP contribution in [0.2, 0.25) is 19.6 Å². The van der Waals surface area contributed by atoms with Gasteiger partial charge in [-0.25, -0.2) is 9.97 Å². The van der Waals surface area contributed by atoms with E-state index in [2.05, 4.69) is 41.1 Å². The quantitative estimate of drug-likeness (QED) is 0.547. The molecule has 4 nitrogen and oxygen atoms in total. The van der Waals surface area contributed by atoms with Crippen LogP contribution < -0.4 is 4.74 Å². The summed E-state index contributed by atoms with van der Waals surface area (Å²) in [5, 5.41) is 0. The molecule has 0 fully saturated rings. The molecule has 0 saturated heterocycles. The fourth-order valence-corrected chi connectivity index (χ4v) is 2.57. The van der Waals surface area contributed by atoms with Crippen molar-refractivity contribution in [2.45, 2.75) is 26.2 Å². The fraction of sp³-hybridized carbons (Fsp3) is 0.222. The van der Waals surface area contributed by atoms with Gasteiger partial charge in [0.2, 0.25) is 0 Å². The van der Waals surface area contributed by atoms with Crippen molar-refractivity contribution in [2.75, 3.05) is 0 Å². The summed E-state index contributed by atoms with van der Waals surface area (Å²) in [5.74, 6) is 3.89. The lowest BCUT2D eigenvalue weighted by molar-refractivity contribution is 0.307. The molecule has 0 saturated carbocycles. The zero-order valence-electron chi connectivity index (χ0n) is 13.6. The van der Waals surface area contributed by atoms with E-state index in [-0.39, 0.29) is 0 Å². The van der Waals surface area contributed by atoms with Gasteiger partial charge in [-0.2, -0.15) is 0 Å². The molecule has 0 N–H and O–H groups in total. The van der Waals surface area contributed by atoms with E-state index in [1.807, 2.05) is 34.7 Å². The van der Waals surface area contributed by atoms with Crippen LogP contribution in [0, 0.1) is 11.5 Å². The number of nitrogens with zero attached hydrogens (tertiary/aromatic N) is 3. The van der Waals surface area contributed by atoms with Crippen LogP contribution in [0.4, 0.5) is 0 Å². The van der Waals surface area contributed by atoms with Gasteiger partial charge in [0.1, 0.15) is 26.7 Å². The highest BCUT2D eigenvalue weighted by atomic mass is 28.3. The molecule has 0 aliphatic heterocycles. The molecular weight excluding hydrogens is 302 g/mol. The molecule has 3 rings (SSSR count). The molecule has 0 aliphatic carbocycles. The van der Waals surface area contributed by atoms with Gasteiger partial charge in [-0.05, 0) is 5.56 Å². The molecule has 0 unspecified atom stereocenters. The minimum absolute atomic E-state index is 0.491. The third-order valence-electron chi connectivity index (χ3n) is 3.19. The Kier molecular flexibility index (Phi) is 4.17. The van der Waals surface area contributed by atoms with E-state index in [1.54, 1.807) is 18.7 Å². The van der Waals surface area contributed by atoms with Crippen molar-refractivity contribution in [3.8, 4) is 17.2 Å². The average molecular weight is 321 g/mol. The third kappa shape index (κ3) is 3.79. The zero-order chi connectivity index (χ0) is 16.3.